The van der Waals surface area contributed by atoms with Gasteiger partial charge in [-0.1, -0.05) is 23.8 Å². The molecule has 0 radical (unpaired) electrons. The maximum absolute atomic E-state index is 13.6. The average Bonchev–Trinajstić information content (AvgIpc) is 2.82. The van der Waals surface area contributed by atoms with Crippen molar-refractivity contribution in [2.45, 2.75) is 32.1 Å². The normalized spacial score (nSPS) is 15.7. The van der Waals surface area contributed by atoms with E-state index in [0.29, 0.717) is 22.8 Å². The summed E-state index contributed by atoms with van der Waals surface area (Å²) in [5.41, 5.74) is 0.274. The molecule has 5 nitrogen and oxygen atoms in total. The Morgan fingerprint density at radius 3 is 3.04 bits per heavy atom. The molecule has 1 N–H and O–H groups in total. The van der Waals surface area contributed by atoms with Crippen LogP contribution in [0.2, 0.25) is 0 Å². The minimum absolute atomic E-state index is 0.123. The second kappa shape index (κ2) is 7.04. The van der Waals surface area contributed by atoms with E-state index in [2.05, 4.69) is 10.3 Å². The first-order chi connectivity index (χ1) is 11.1. The number of thiazole rings is 1. The molecule has 0 bridgehead atoms. The number of aromatic nitrogens is 1. The zero-order valence-electron chi connectivity index (χ0n) is 12.7. The minimum Gasteiger partial charge on any atom is -0.342 e. The molecule has 2 amide bonds. The van der Waals surface area contributed by atoms with E-state index in [4.69, 9.17) is 0 Å². The standard InChI is InChI=1S/C16H18FN3O2S/c17-11-5-4-6-12-15(11)19-16(23-12)18-13(21)8-10-20-9-3-1-2-7-14(20)22/h4-6H,1-3,7-10H2,(H,18,19,21). The number of nitrogens with zero attached hydrogens (tertiary/aromatic N) is 2. The molecule has 23 heavy (non-hydrogen) atoms. The van der Waals surface area contributed by atoms with Crippen molar-refractivity contribution in [1.29, 1.82) is 0 Å². The Morgan fingerprint density at radius 2 is 2.22 bits per heavy atom. The summed E-state index contributed by atoms with van der Waals surface area (Å²) in [6, 6.07) is 4.73. The van der Waals surface area contributed by atoms with Gasteiger partial charge in [0, 0.05) is 25.9 Å². The van der Waals surface area contributed by atoms with Crippen LogP contribution in [0, 0.1) is 5.82 Å². The molecule has 2 heterocycles. The number of amides is 2. The Labute approximate surface area is 137 Å². The van der Waals surface area contributed by atoms with Crippen LogP contribution < -0.4 is 5.32 Å². The fourth-order valence-corrected chi connectivity index (χ4v) is 3.56. The van der Waals surface area contributed by atoms with Gasteiger partial charge in [0.25, 0.3) is 0 Å². The minimum atomic E-state index is -0.394. The second-order valence-corrected chi connectivity index (χ2v) is 6.63. The molecule has 0 saturated carbocycles. The number of fused-ring (bicyclic) bond motifs is 1. The molecule has 1 aromatic carbocycles. The predicted octanol–water partition coefficient (Wildman–Crippen LogP) is 3.17. The summed E-state index contributed by atoms with van der Waals surface area (Å²) in [5.74, 6) is -0.478. The van der Waals surface area contributed by atoms with Crippen molar-refractivity contribution in [1.82, 2.24) is 9.88 Å². The number of hydrogen-bond acceptors (Lipinski definition) is 4. The predicted molar refractivity (Wildman–Crippen MR) is 87.9 cm³/mol. The SMILES string of the molecule is O=C(CCN1CCCCCC1=O)Nc1nc2c(F)cccc2s1. The van der Waals surface area contributed by atoms with Gasteiger partial charge >= 0.3 is 0 Å². The van der Waals surface area contributed by atoms with Gasteiger partial charge in [0.2, 0.25) is 11.8 Å². The lowest BCUT2D eigenvalue weighted by molar-refractivity contribution is -0.131. The zero-order chi connectivity index (χ0) is 16.2. The summed E-state index contributed by atoms with van der Waals surface area (Å²) in [4.78, 5) is 29.8. The summed E-state index contributed by atoms with van der Waals surface area (Å²) >= 11 is 1.24. The molecular formula is C16H18FN3O2S. The summed E-state index contributed by atoms with van der Waals surface area (Å²) in [6.45, 7) is 1.14. The third kappa shape index (κ3) is 3.85. The number of rotatable bonds is 4. The summed E-state index contributed by atoms with van der Waals surface area (Å²) in [5, 5.41) is 3.08. The Hall–Kier alpha value is -2.02. The van der Waals surface area contributed by atoms with E-state index in [-0.39, 0.29) is 23.8 Å². The van der Waals surface area contributed by atoms with Gasteiger partial charge < -0.3 is 10.2 Å². The number of hydrogen-bond donors (Lipinski definition) is 1. The summed E-state index contributed by atoms with van der Waals surface area (Å²) < 4.78 is 14.3. The lowest BCUT2D eigenvalue weighted by atomic mass is 10.2. The van der Waals surface area contributed by atoms with Gasteiger partial charge in [-0.15, -0.1) is 0 Å². The highest BCUT2D eigenvalue weighted by Gasteiger charge is 2.18. The molecule has 0 unspecified atom stereocenters. The number of benzene rings is 1. The highest BCUT2D eigenvalue weighted by molar-refractivity contribution is 7.22. The molecule has 1 saturated heterocycles. The van der Waals surface area contributed by atoms with Crippen LogP contribution in [0.3, 0.4) is 0 Å². The summed E-state index contributed by atoms with van der Waals surface area (Å²) in [6.07, 6.45) is 3.78. The zero-order valence-corrected chi connectivity index (χ0v) is 13.5. The average molecular weight is 335 g/mol. The highest BCUT2D eigenvalue weighted by Crippen LogP contribution is 2.27. The largest absolute Gasteiger partial charge is 0.342 e. The van der Waals surface area contributed by atoms with Crippen LogP contribution >= 0.6 is 11.3 Å². The molecule has 2 aromatic rings. The van der Waals surface area contributed by atoms with Crippen molar-refractivity contribution in [3.8, 4) is 0 Å². The van der Waals surface area contributed by atoms with Gasteiger partial charge in [0.1, 0.15) is 11.3 Å². The maximum Gasteiger partial charge on any atom is 0.227 e. The van der Waals surface area contributed by atoms with Crippen molar-refractivity contribution in [2.75, 3.05) is 18.4 Å². The van der Waals surface area contributed by atoms with Crippen LogP contribution in [0.4, 0.5) is 9.52 Å². The van der Waals surface area contributed by atoms with Gasteiger partial charge in [0.05, 0.1) is 4.70 Å². The molecular weight excluding hydrogens is 317 g/mol. The third-order valence-corrected chi connectivity index (χ3v) is 4.83. The van der Waals surface area contributed by atoms with E-state index in [0.717, 1.165) is 25.8 Å². The molecule has 1 aromatic heterocycles. The first-order valence-corrected chi connectivity index (χ1v) is 8.58. The number of halogens is 1. The molecule has 1 fully saturated rings. The first kappa shape index (κ1) is 15.9. The van der Waals surface area contributed by atoms with E-state index in [9.17, 15) is 14.0 Å². The molecule has 1 aliphatic heterocycles. The van der Waals surface area contributed by atoms with E-state index in [1.165, 1.54) is 17.4 Å². The smallest absolute Gasteiger partial charge is 0.227 e. The van der Waals surface area contributed by atoms with Crippen LogP contribution in [0.5, 0.6) is 0 Å². The molecule has 0 atom stereocenters. The van der Waals surface area contributed by atoms with Crippen LogP contribution in [0.25, 0.3) is 10.2 Å². The molecule has 0 spiro atoms. The number of anilines is 1. The molecule has 1 aliphatic rings. The lowest BCUT2D eigenvalue weighted by Crippen LogP contribution is -2.33. The Kier molecular flexibility index (Phi) is 4.85. The van der Waals surface area contributed by atoms with E-state index >= 15 is 0 Å². The lowest BCUT2D eigenvalue weighted by Gasteiger charge is -2.19. The van der Waals surface area contributed by atoms with E-state index in [1.54, 1.807) is 17.0 Å². The van der Waals surface area contributed by atoms with Crippen LogP contribution in [-0.4, -0.2) is 34.8 Å². The second-order valence-electron chi connectivity index (χ2n) is 5.60. The number of nitrogens with one attached hydrogen (secondary N) is 1. The molecule has 122 valence electrons. The fourth-order valence-electron chi connectivity index (χ4n) is 2.66. The van der Waals surface area contributed by atoms with E-state index < -0.39 is 5.82 Å². The third-order valence-electron chi connectivity index (χ3n) is 3.90. The van der Waals surface area contributed by atoms with Gasteiger partial charge in [-0.3, -0.25) is 9.59 Å². The quantitative estimate of drug-likeness (QED) is 0.933. The number of likely N-dealkylation sites (tertiary alicyclic amines) is 1. The number of para-hydroxylation sites is 1. The molecule has 3 rings (SSSR count). The Balaban J connectivity index is 1.58. The van der Waals surface area contributed by atoms with Crippen molar-refractivity contribution >= 4 is 38.5 Å². The number of carbonyl (C=O) groups excluding carboxylic acids is 2. The van der Waals surface area contributed by atoms with Gasteiger partial charge in [-0.05, 0) is 25.0 Å². The Bertz CT molecular complexity index is 731. The molecule has 7 heteroatoms. The van der Waals surface area contributed by atoms with Crippen molar-refractivity contribution in [3.05, 3.63) is 24.0 Å². The van der Waals surface area contributed by atoms with E-state index in [1.807, 2.05) is 0 Å². The van der Waals surface area contributed by atoms with Crippen molar-refractivity contribution < 1.29 is 14.0 Å². The maximum atomic E-state index is 13.6. The highest BCUT2D eigenvalue weighted by atomic mass is 32.1. The van der Waals surface area contributed by atoms with Gasteiger partial charge in [-0.25, -0.2) is 9.37 Å². The van der Waals surface area contributed by atoms with Crippen molar-refractivity contribution in [2.24, 2.45) is 0 Å². The van der Waals surface area contributed by atoms with Gasteiger partial charge in [-0.2, -0.15) is 0 Å². The Morgan fingerprint density at radius 1 is 1.35 bits per heavy atom. The topological polar surface area (TPSA) is 62.3 Å². The summed E-state index contributed by atoms with van der Waals surface area (Å²) in [7, 11) is 0. The van der Waals surface area contributed by atoms with Crippen LogP contribution in [0.1, 0.15) is 32.1 Å². The number of carbonyl (C=O) groups is 2. The molecule has 0 aliphatic carbocycles. The first-order valence-electron chi connectivity index (χ1n) is 7.76. The monoisotopic (exact) mass is 335 g/mol. The fraction of sp³-hybridized carbons (Fsp3) is 0.438. The van der Waals surface area contributed by atoms with Crippen LogP contribution in [0.15, 0.2) is 18.2 Å². The van der Waals surface area contributed by atoms with Crippen molar-refractivity contribution in [3.63, 3.8) is 0 Å². The van der Waals surface area contributed by atoms with Gasteiger partial charge in [0.15, 0.2) is 5.13 Å². The van der Waals surface area contributed by atoms with Crippen LogP contribution in [-0.2, 0) is 9.59 Å².